The first kappa shape index (κ1) is 17.5. The minimum atomic E-state index is -0.960. The molecule has 0 bridgehead atoms. The van der Waals surface area contributed by atoms with Crippen molar-refractivity contribution in [2.75, 3.05) is 26.4 Å². The van der Waals surface area contributed by atoms with Gasteiger partial charge in [-0.3, -0.25) is 9.59 Å². The van der Waals surface area contributed by atoms with Gasteiger partial charge in [0.25, 0.3) is 5.91 Å². The molecule has 25 heavy (non-hydrogen) atoms. The summed E-state index contributed by atoms with van der Waals surface area (Å²) in [5.41, 5.74) is 0. The van der Waals surface area contributed by atoms with Gasteiger partial charge < -0.3 is 19.5 Å². The highest BCUT2D eigenvalue weighted by Gasteiger charge is 2.29. The number of ether oxygens (including phenoxy) is 2. The predicted octanol–water partition coefficient (Wildman–Crippen LogP) is 2.57. The molecule has 1 saturated heterocycles. The number of hydrogen-bond acceptors (Lipinski definition) is 4. The van der Waals surface area contributed by atoms with Crippen molar-refractivity contribution in [3.8, 4) is 5.75 Å². The van der Waals surface area contributed by atoms with Crippen LogP contribution in [0.15, 0.2) is 36.4 Å². The van der Waals surface area contributed by atoms with Crippen LogP contribution in [-0.4, -0.2) is 54.3 Å². The molecule has 1 heterocycles. The molecular formula is C18H18ClNO5. The normalized spacial score (nSPS) is 17.5. The summed E-state index contributed by atoms with van der Waals surface area (Å²) in [5, 5.41) is 11.3. The number of aliphatic carboxylic acids is 1. The lowest BCUT2D eigenvalue weighted by atomic mass is 10.1. The molecule has 3 rings (SSSR count). The molecule has 1 unspecified atom stereocenters. The second-order valence-electron chi connectivity index (χ2n) is 5.79. The zero-order valence-electron chi connectivity index (χ0n) is 13.5. The Morgan fingerprint density at radius 1 is 1.24 bits per heavy atom. The van der Waals surface area contributed by atoms with Gasteiger partial charge in [-0.15, -0.1) is 0 Å². The van der Waals surface area contributed by atoms with E-state index in [0.29, 0.717) is 23.9 Å². The van der Waals surface area contributed by atoms with Crippen molar-refractivity contribution in [2.45, 2.75) is 12.5 Å². The van der Waals surface area contributed by atoms with Crippen LogP contribution in [0.1, 0.15) is 6.42 Å². The lowest BCUT2D eigenvalue weighted by molar-refractivity contribution is -0.147. The number of carboxylic acids is 1. The maximum atomic E-state index is 12.5. The molecule has 7 heteroatoms. The summed E-state index contributed by atoms with van der Waals surface area (Å²) < 4.78 is 11.0. The standard InChI is InChI=1S/C18H18ClNO5/c19-15-5-6-16(14-4-2-1-3-13(14)15)25-11-17(21)20-7-8-24-10-12(20)9-18(22)23/h1-6,12H,7-11H2,(H,22,23). The van der Waals surface area contributed by atoms with Crippen LogP contribution in [0, 0.1) is 0 Å². The topological polar surface area (TPSA) is 76.1 Å². The molecule has 2 aromatic rings. The van der Waals surface area contributed by atoms with E-state index >= 15 is 0 Å². The van der Waals surface area contributed by atoms with Gasteiger partial charge in [-0.25, -0.2) is 0 Å². The lowest BCUT2D eigenvalue weighted by Crippen LogP contribution is -2.51. The fourth-order valence-electron chi connectivity index (χ4n) is 2.94. The molecule has 0 saturated carbocycles. The number of nitrogens with zero attached hydrogens (tertiary/aromatic N) is 1. The number of benzene rings is 2. The highest BCUT2D eigenvalue weighted by Crippen LogP contribution is 2.31. The zero-order valence-corrected chi connectivity index (χ0v) is 14.2. The summed E-state index contributed by atoms with van der Waals surface area (Å²) in [4.78, 5) is 25.0. The van der Waals surface area contributed by atoms with Gasteiger partial charge in [-0.1, -0.05) is 35.9 Å². The third kappa shape index (κ3) is 4.03. The molecule has 1 aliphatic heterocycles. The summed E-state index contributed by atoms with van der Waals surface area (Å²) in [6.07, 6.45) is -0.143. The number of fused-ring (bicyclic) bond motifs is 1. The number of rotatable bonds is 5. The van der Waals surface area contributed by atoms with Crippen molar-refractivity contribution < 1.29 is 24.2 Å². The van der Waals surface area contributed by atoms with Crippen LogP contribution in [0.4, 0.5) is 0 Å². The molecule has 1 fully saturated rings. The van der Waals surface area contributed by atoms with Gasteiger partial charge in [0.1, 0.15) is 5.75 Å². The smallest absolute Gasteiger partial charge is 0.305 e. The number of morpholine rings is 1. The quantitative estimate of drug-likeness (QED) is 0.883. The Bertz CT molecular complexity index is 794. The van der Waals surface area contributed by atoms with Gasteiger partial charge in [0.2, 0.25) is 0 Å². The summed E-state index contributed by atoms with van der Waals surface area (Å²) >= 11 is 6.18. The average molecular weight is 364 g/mol. The number of carbonyl (C=O) groups is 2. The molecule has 1 aliphatic rings. The number of halogens is 1. The minimum Gasteiger partial charge on any atom is -0.483 e. The monoisotopic (exact) mass is 363 g/mol. The van der Waals surface area contributed by atoms with E-state index < -0.39 is 12.0 Å². The third-order valence-corrected chi connectivity index (χ3v) is 4.47. The summed E-state index contributed by atoms with van der Waals surface area (Å²) in [6.45, 7) is 0.816. The Morgan fingerprint density at radius 2 is 2.00 bits per heavy atom. The molecular weight excluding hydrogens is 346 g/mol. The third-order valence-electron chi connectivity index (χ3n) is 4.14. The molecule has 1 atom stereocenters. The van der Waals surface area contributed by atoms with E-state index in [4.69, 9.17) is 26.2 Å². The van der Waals surface area contributed by atoms with E-state index in [1.54, 1.807) is 12.1 Å². The van der Waals surface area contributed by atoms with Gasteiger partial charge in [0.05, 0.1) is 25.7 Å². The molecule has 0 aromatic heterocycles. The maximum Gasteiger partial charge on any atom is 0.305 e. The Kier molecular flexibility index (Phi) is 5.40. The molecule has 1 amide bonds. The first-order valence-electron chi connectivity index (χ1n) is 7.95. The molecule has 132 valence electrons. The average Bonchev–Trinajstić information content (AvgIpc) is 2.61. The van der Waals surface area contributed by atoms with Crippen LogP contribution in [0.5, 0.6) is 5.75 Å². The predicted molar refractivity (Wildman–Crippen MR) is 93.0 cm³/mol. The van der Waals surface area contributed by atoms with Crippen LogP contribution >= 0.6 is 11.6 Å². The largest absolute Gasteiger partial charge is 0.483 e. The highest BCUT2D eigenvalue weighted by atomic mass is 35.5. The van der Waals surface area contributed by atoms with Crippen LogP contribution in [0.3, 0.4) is 0 Å². The number of carbonyl (C=O) groups excluding carboxylic acids is 1. The maximum absolute atomic E-state index is 12.5. The van der Waals surface area contributed by atoms with E-state index in [1.165, 1.54) is 4.90 Å². The second-order valence-corrected chi connectivity index (χ2v) is 6.20. The Hall–Kier alpha value is -2.31. The van der Waals surface area contributed by atoms with Gasteiger partial charge in [0, 0.05) is 22.3 Å². The molecule has 0 spiro atoms. The van der Waals surface area contributed by atoms with E-state index in [0.717, 1.165) is 10.8 Å². The fourth-order valence-corrected chi connectivity index (χ4v) is 3.16. The summed E-state index contributed by atoms with van der Waals surface area (Å²) in [5.74, 6) is -0.650. The highest BCUT2D eigenvalue weighted by molar-refractivity contribution is 6.35. The molecule has 6 nitrogen and oxygen atoms in total. The number of carboxylic acid groups (broad SMARTS) is 1. The van der Waals surface area contributed by atoms with Crippen LogP contribution in [-0.2, 0) is 14.3 Å². The van der Waals surface area contributed by atoms with Crippen molar-refractivity contribution in [3.05, 3.63) is 41.4 Å². The summed E-state index contributed by atoms with van der Waals surface area (Å²) in [6, 6.07) is 10.5. The van der Waals surface area contributed by atoms with Crippen molar-refractivity contribution in [2.24, 2.45) is 0 Å². The SMILES string of the molecule is O=C(O)CC1COCCN1C(=O)COc1ccc(Cl)c2ccccc12. The van der Waals surface area contributed by atoms with Crippen LogP contribution < -0.4 is 4.74 Å². The molecule has 1 N–H and O–H groups in total. The van der Waals surface area contributed by atoms with E-state index in [1.807, 2.05) is 24.3 Å². The minimum absolute atomic E-state index is 0.143. The van der Waals surface area contributed by atoms with E-state index in [-0.39, 0.29) is 25.5 Å². The van der Waals surface area contributed by atoms with Crippen molar-refractivity contribution >= 4 is 34.2 Å². The number of hydrogen-bond donors (Lipinski definition) is 1. The Labute approximate surface area is 149 Å². The zero-order chi connectivity index (χ0) is 17.8. The summed E-state index contributed by atoms with van der Waals surface area (Å²) in [7, 11) is 0. The van der Waals surface area contributed by atoms with Gasteiger partial charge in [-0.05, 0) is 12.1 Å². The first-order chi connectivity index (χ1) is 12.1. The van der Waals surface area contributed by atoms with Gasteiger partial charge in [-0.2, -0.15) is 0 Å². The van der Waals surface area contributed by atoms with E-state index in [9.17, 15) is 9.59 Å². The van der Waals surface area contributed by atoms with Crippen molar-refractivity contribution in [3.63, 3.8) is 0 Å². The van der Waals surface area contributed by atoms with E-state index in [2.05, 4.69) is 0 Å². The molecule has 0 radical (unpaired) electrons. The Morgan fingerprint density at radius 3 is 2.76 bits per heavy atom. The molecule has 2 aromatic carbocycles. The van der Waals surface area contributed by atoms with Crippen molar-refractivity contribution in [1.29, 1.82) is 0 Å². The lowest BCUT2D eigenvalue weighted by Gasteiger charge is -2.34. The number of amides is 1. The first-order valence-corrected chi connectivity index (χ1v) is 8.33. The van der Waals surface area contributed by atoms with Gasteiger partial charge in [0.15, 0.2) is 6.61 Å². The Balaban J connectivity index is 1.71. The van der Waals surface area contributed by atoms with Crippen molar-refractivity contribution in [1.82, 2.24) is 4.90 Å². The molecule has 0 aliphatic carbocycles. The van der Waals surface area contributed by atoms with Gasteiger partial charge >= 0.3 is 5.97 Å². The van der Waals surface area contributed by atoms with Crippen LogP contribution in [0.25, 0.3) is 10.8 Å². The van der Waals surface area contributed by atoms with Crippen LogP contribution in [0.2, 0.25) is 5.02 Å². The second kappa shape index (κ2) is 7.72. The fraction of sp³-hybridized carbons (Fsp3) is 0.333.